The molecule has 0 aliphatic heterocycles. The summed E-state index contributed by atoms with van der Waals surface area (Å²) in [7, 11) is -2.08. The van der Waals surface area contributed by atoms with Gasteiger partial charge < -0.3 is 4.52 Å². The van der Waals surface area contributed by atoms with Gasteiger partial charge in [0, 0.05) is 23.7 Å². The number of hydrogen-bond donors (Lipinski definition) is 1. The Bertz CT molecular complexity index is 728. The van der Waals surface area contributed by atoms with Gasteiger partial charge in [0.05, 0.1) is 6.54 Å². The molecule has 1 aromatic heterocycles. The lowest BCUT2D eigenvalue weighted by atomic mass is 10.2. The molecule has 2 rings (SSSR count). The summed E-state index contributed by atoms with van der Waals surface area (Å²) in [5.41, 5.74) is 0.738. The van der Waals surface area contributed by atoms with Gasteiger partial charge in [-0.2, -0.15) is 22.4 Å². The Kier molecular flexibility index (Phi) is 5.17. The molecule has 9 heteroatoms. The molecule has 0 spiro atoms. The SMILES string of the molecule is CC(C)N(C)S(=O)(=O)NCc1nc(-c2ccc(Cl)cc2)no1. The third kappa shape index (κ3) is 4.04. The highest BCUT2D eigenvalue weighted by Crippen LogP contribution is 2.18. The molecule has 0 saturated heterocycles. The van der Waals surface area contributed by atoms with Crippen molar-refractivity contribution < 1.29 is 12.9 Å². The lowest BCUT2D eigenvalue weighted by Gasteiger charge is -2.20. The molecule has 0 saturated carbocycles. The first-order valence-electron chi connectivity index (χ1n) is 6.61. The summed E-state index contributed by atoms with van der Waals surface area (Å²) in [6.07, 6.45) is 0. The van der Waals surface area contributed by atoms with Crippen molar-refractivity contribution in [2.75, 3.05) is 7.05 Å². The van der Waals surface area contributed by atoms with Crippen molar-refractivity contribution in [3.05, 3.63) is 35.2 Å². The predicted molar refractivity (Wildman–Crippen MR) is 83.4 cm³/mol. The number of nitrogens with one attached hydrogen (secondary N) is 1. The number of halogens is 1. The van der Waals surface area contributed by atoms with E-state index in [9.17, 15) is 8.42 Å². The van der Waals surface area contributed by atoms with E-state index in [-0.39, 0.29) is 18.5 Å². The van der Waals surface area contributed by atoms with Crippen LogP contribution >= 0.6 is 11.6 Å². The van der Waals surface area contributed by atoms with Crippen LogP contribution in [-0.4, -0.2) is 36.0 Å². The zero-order valence-electron chi connectivity index (χ0n) is 12.4. The average Bonchev–Trinajstić information content (AvgIpc) is 2.94. The van der Waals surface area contributed by atoms with Gasteiger partial charge in [-0.1, -0.05) is 16.8 Å². The molecular formula is C13H17ClN4O3S. The lowest BCUT2D eigenvalue weighted by Crippen LogP contribution is -2.41. The van der Waals surface area contributed by atoms with E-state index >= 15 is 0 Å². The van der Waals surface area contributed by atoms with Gasteiger partial charge in [0.25, 0.3) is 10.2 Å². The molecule has 0 radical (unpaired) electrons. The second-order valence-corrected chi connectivity index (χ2v) is 7.21. The first-order chi connectivity index (χ1) is 10.3. The molecule has 1 N–H and O–H groups in total. The van der Waals surface area contributed by atoms with Gasteiger partial charge in [0.1, 0.15) is 0 Å². The molecule has 7 nitrogen and oxygen atoms in total. The maximum absolute atomic E-state index is 12.0. The summed E-state index contributed by atoms with van der Waals surface area (Å²) >= 11 is 5.81. The fourth-order valence-electron chi connectivity index (χ4n) is 1.58. The Hall–Kier alpha value is -1.48. The maximum Gasteiger partial charge on any atom is 0.279 e. The lowest BCUT2D eigenvalue weighted by molar-refractivity contribution is 0.367. The summed E-state index contributed by atoms with van der Waals surface area (Å²) in [5, 5.41) is 4.43. The molecule has 0 bridgehead atoms. The van der Waals surface area contributed by atoms with Gasteiger partial charge in [-0.15, -0.1) is 0 Å². The molecule has 0 aliphatic rings. The minimum Gasteiger partial charge on any atom is -0.338 e. The Morgan fingerprint density at radius 3 is 2.55 bits per heavy atom. The van der Waals surface area contributed by atoms with E-state index in [1.165, 1.54) is 11.4 Å². The molecule has 1 heterocycles. The van der Waals surface area contributed by atoms with E-state index < -0.39 is 10.2 Å². The minimum atomic E-state index is -3.58. The van der Waals surface area contributed by atoms with Crippen LogP contribution in [0.3, 0.4) is 0 Å². The predicted octanol–water partition coefficient (Wildman–Crippen LogP) is 2.06. The monoisotopic (exact) mass is 344 g/mol. The normalized spacial score (nSPS) is 12.3. The first-order valence-corrected chi connectivity index (χ1v) is 8.42. The van der Waals surface area contributed by atoms with Crippen LogP contribution in [0.2, 0.25) is 5.02 Å². The smallest absolute Gasteiger partial charge is 0.279 e. The van der Waals surface area contributed by atoms with E-state index in [4.69, 9.17) is 16.1 Å². The number of nitrogens with zero attached hydrogens (tertiary/aromatic N) is 3. The highest BCUT2D eigenvalue weighted by Gasteiger charge is 2.21. The average molecular weight is 345 g/mol. The molecule has 0 atom stereocenters. The van der Waals surface area contributed by atoms with Gasteiger partial charge >= 0.3 is 0 Å². The fraction of sp³-hybridized carbons (Fsp3) is 0.385. The van der Waals surface area contributed by atoms with Crippen molar-refractivity contribution in [2.45, 2.75) is 26.4 Å². The summed E-state index contributed by atoms with van der Waals surface area (Å²) < 4.78 is 32.6. The van der Waals surface area contributed by atoms with Crippen LogP contribution < -0.4 is 4.72 Å². The first kappa shape index (κ1) is 16.9. The van der Waals surface area contributed by atoms with Crippen molar-refractivity contribution in [1.29, 1.82) is 0 Å². The van der Waals surface area contributed by atoms with E-state index in [1.54, 1.807) is 38.1 Å². The number of hydrogen-bond acceptors (Lipinski definition) is 5. The summed E-state index contributed by atoms with van der Waals surface area (Å²) in [5.74, 6) is 0.564. The highest BCUT2D eigenvalue weighted by atomic mass is 35.5. The Morgan fingerprint density at radius 2 is 1.95 bits per heavy atom. The summed E-state index contributed by atoms with van der Waals surface area (Å²) in [6.45, 7) is 3.50. The Balaban J connectivity index is 2.05. The molecule has 2 aromatic rings. The van der Waals surface area contributed by atoms with Gasteiger partial charge in [0.15, 0.2) is 0 Å². The van der Waals surface area contributed by atoms with Crippen LogP contribution in [0.25, 0.3) is 11.4 Å². The summed E-state index contributed by atoms with van der Waals surface area (Å²) in [6, 6.07) is 6.80. The third-order valence-electron chi connectivity index (χ3n) is 3.08. The van der Waals surface area contributed by atoms with E-state index in [0.717, 1.165) is 5.56 Å². The number of benzene rings is 1. The van der Waals surface area contributed by atoms with Crippen LogP contribution in [0.5, 0.6) is 0 Å². The minimum absolute atomic E-state index is 0.0695. The molecule has 22 heavy (non-hydrogen) atoms. The molecule has 0 fully saturated rings. The van der Waals surface area contributed by atoms with Gasteiger partial charge in [-0.05, 0) is 38.1 Å². The summed E-state index contributed by atoms with van der Waals surface area (Å²) in [4.78, 5) is 4.15. The second kappa shape index (κ2) is 6.74. The van der Waals surface area contributed by atoms with Crippen LogP contribution in [0, 0.1) is 0 Å². The van der Waals surface area contributed by atoms with Gasteiger partial charge in [-0.3, -0.25) is 0 Å². The van der Waals surface area contributed by atoms with Gasteiger partial charge in [-0.25, -0.2) is 0 Å². The van der Waals surface area contributed by atoms with Crippen LogP contribution in [0.4, 0.5) is 0 Å². The fourth-order valence-corrected chi connectivity index (χ4v) is 2.77. The zero-order chi connectivity index (χ0) is 16.3. The highest BCUT2D eigenvalue weighted by molar-refractivity contribution is 7.87. The quantitative estimate of drug-likeness (QED) is 0.866. The molecule has 120 valence electrons. The van der Waals surface area contributed by atoms with E-state index in [2.05, 4.69) is 14.9 Å². The van der Waals surface area contributed by atoms with Gasteiger partial charge in [0.2, 0.25) is 11.7 Å². The number of aromatic nitrogens is 2. The standard InChI is InChI=1S/C13H17ClN4O3S/c1-9(2)18(3)22(19,20)15-8-12-16-13(17-21-12)10-4-6-11(14)7-5-10/h4-7,9,15H,8H2,1-3H3. The topological polar surface area (TPSA) is 88.3 Å². The molecular weight excluding hydrogens is 328 g/mol. The van der Waals surface area contributed by atoms with Crippen molar-refractivity contribution in [3.8, 4) is 11.4 Å². The second-order valence-electron chi connectivity index (χ2n) is 4.95. The maximum atomic E-state index is 12.0. The van der Waals surface area contributed by atoms with Crippen LogP contribution in [0.1, 0.15) is 19.7 Å². The van der Waals surface area contributed by atoms with Crippen LogP contribution in [0.15, 0.2) is 28.8 Å². The van der Waals surface area contributed by atoms with Crippen molar-refractivity contribution in [1.82, 2.24) is 19.2 Å². The molecule has 0 amide bonds. The Labute approximate surface area is 134 Å². The largest absolute Gasteiger partial charge is 0.338 e. The molecule has 1 aromatic carbocycles. The molecule has 0 aliphatic carbocycles. The van der Waals surface area contributed by atoms with E-state index in [1.807, 2.05) is 0 Å². The van der Waals surface area contributed by atoms with Crippen molar-refractivity contribution >= 4 is 21.8 Å². The number of rotatable bonds is 6. The Morgan fingerprint density at radius 1 is 1.32 bits per heavy atom. The molecule has 0 unspecified atom stereocenters. The van der Waals surface area contributed by atoms with E-state index in [0.29, 0.717) is 10.8 Å². The van der Waals surface area contributed by atoms with Crippen molar-refractivity contribution in [3.63, 3.8) is 0 Å². The van der Waals surface area contributed by atoms with Crippen LogP contribution in [-0.2, 0) is 16.8 Å². The van der Waals surface area contributed by atoms with Crippen molar-refractivity contribution in [2.24, 2.45) is 0 Å². The third-order valence-corrected chi connectivity index (χ3v) is 5.02. The zero-order valence-corrected chi connectivity index (χ0v) is 14.0.